The number of furan rings is 1. The van der Waals surface area contributed by atoms with Crippen molar-refractivity contribution in [1.82, 2.24) is 15.1 Å². The Bertz CT molecular complexity index is 1120. The molecule has 2 amide bonds. The Balaban J connectivity index is 1.21. The van der Waals surface area contributed by atoms with Gasteiger partial charge in [0, 0.05) is 48.5 Å². The highest BCUT2D eigenvalue weighted by atomic mass is 35.5. The Morgan fingerprint density at radius 2 is 1.91 bits per heavy atom. The first kappa shape index (κ1) is 23.1. The van der Waals surface area contributed by atoms with E-state index in [4.69, 9.17) is 16.0 Å². The highest BCUT2D eigenvalue weighted by molar-refractivity contribution is 7.10. The van der Waals surface area contributed by atoms with E-state index in [2.05, 4.69) is 33.8 Å². The number of likely N-dealkylation sites (tertiary alicyclic amines) is 1. The van der Waals surface area contributed by atoms with E-state index in [0.717, 1.165) is 25.1 Å². The molecule has 3 aromatic rings. The lowest BCUT2D eigenvalue weighted by atomic mass is 9.95. The zero-order valence-corrected chi connectivity index (χ0v) is 20.5. The third kappa shape index (κ3) is 5.06. The predicted octanol–water partition coefficient (Wildman–Crippen LogP) is 4.76. The molecule has 1 fully saturated rings. The van der Waals surface area contributed by atoms with E-state index < -0.39 is 0 Å². The number of hydrogen-bond acceptors (Lipinski definition) is 5. The summed E-state index contributed by atoms with van der Waals surface area (Å²) in [6, 6.07) is 13.6. The fourth-order valence-corrected chi connectivity index (χ4v) is 5.94. The minimum Gasteiger partial charge on any atom is -0.459 e. The third-order valence-electron chi connectivity index (χ3n) is 6.89. The summed E-state index contributed by atoms with van der Waals surface area (Å²) < 4.78 is 5.23. The summed E-state index contributed by atoms with van der Waals surface area (Å²) in [6.07, 6.45) is 3.86. The van der Waals surface area contributed by atoms with Crippen molar-refractivity contribution in [1.29, 1.82) is 0 Å². The van der Waals surface area contributed by atoms with Crippen LogP contribution in [0.25, 0.3) is 0 Å². The minimum atomic E-state index is -0.107. The molecule has 2 aromatic heterocycles. The van der Waals surface area contributed by atoms with E-state index in [9.17, 15) is 9.59 Å². The quantitative estimate of drug-likeness (QED) is 0.533. The van der Waals surface area contributed by atoms with Gasteiger partial charge in [-0.2, -0.15) is 0 Å². The van der Waals surface area contributed by atoms with Crippen LogP contribution >= 0.6 is 22.9 Å². The molecule has 0 spiro atoms. The first-order valence-electron chi connectivity index (χ1n) is 11.7. The highest BCUT2D eigenvalue weighted by Gasteiger charge is 2.30. The number of halogens is 1. The lowest BCUT2D eigenvalue weighted by Crippen LogP contribution is -2.45. The summed E-state index contributed by atoms with van der Waals surface area (Å²) >= 11 is 7.96. The molecule has 0 radical (unpaired) electrons. The van der Waals surface area contributed by atoms with Crippen LogP contribution in [0.15, 0.2) is 58.5 Å². The first-order valence-corrected chi connectivity index (χ1v) is 13.0. The standard InChI is InChI=1S/C26H28ClN3O3S/c27-21-5-3-18(4-6-21)22(30-13-9-24-20(17-30)10-15-34-24)16-28-25(31)19-7-11-29(12-8-19)26(32)23-2-1-14-33-23/h1-6,10,14-15,19,22H,7-9,11-13,16-17H2,(H,28,31). The van der Waals surface area contributed by atoms with E-state index >= 15 is 0 Å². The molecule has 0 bridgehead atoms. The summed E-state index contributed by atoms with van der Waals surface area (Å²) in [7, 11) is 0. The van der Waals surface area contributed by atoms with Crippen LogP contribution in [0.1, 0.15) is 45.4 Å². The number of piperidine rings is 1. The zero-order chi connectivity index (χ0) is 23.5. The van der Waals surface area contributed by atoms with Crippen molar-refractivity contribution >= 4 is 34.8 Å². The second-order valence-electron chi connectivity index (χ2n) is 8.95. The maximum Gasteiger partial charge on any atom is 0.289 e. The molecular weight excluding hydrogens is 470 g/mol. The van der Waals surface area contributed by atoms with Gasteiger partial charge in [0.25, 0.3) is 5.91 Å². The summed E-state index contributed by atoms with van der Waals surface area (Å²) in [5, 5.41) is 6.09. The number of carbonyl (C=O) groups is 2. The number of amides is 2. The highest BCUT2D eigenvalue weighted by Crippen LogP contribution is 2.31. The number of hydrogen-bond donors (Lipinski definition) is 1. The number of thiophene rings is 1. The SMILES string of the molecule is O=C(NCC(c1ccc(Cl)cc1)N1CCc2sccc2C1)C1CCN(C(=O)c2ccco2)CC1. The fourth-order valence-electron chi connectivity index (χ4n) is 4.92. The number of carbonyl (C=O) groups excluding carboxylic acids is 2. The maximum absolute atomic E-state index is 13.1. The van der Waals surface area contributed by atoms with Gasteiger partial charge in [0.2, 0.25) is 5.91 Å². The van der Waals surface area contributed by atoms with Crippen molar-refractivity contribution in [2.75, 3.05) is 26.2 Å². The molecule has 0 saturated carbocycles. The van der Waals surface area contributed by atoms with Gasteiger partial charge in [-0.1, -0.05) is 23.7 Å². The fraction of sp³-hybridized carbons (Fsp3) is 0.385. The van der Waals surface area contributed by atoms with E-state index in [1.54, 1.807) is 17.0 Å². The molecule has 1 saturated heterocycles. The monoisotopic (exact) mass is 497 g/mol. The average Bonchev–Trinajstić information content (AvgIpc) is 3.57. The molecular formula is C26H28ClN3O3S. The Kier molecular flexibility index (Phi) is 7.04. The molecule has 4 heterocycles. The second kappa shape index (κ2) is 10.3. The van der Waals surface area contributed by atoms with Crippen LogP contribution in [0.4, 0.5) is 0 Å². The Labute approximate surface area is 208 Å². The smallest absolute Gasteiger partial charge is 0.289 e. The van der Waals surface area contributed by atoms with Crippen LogP contribution in [0.2, 0.25) is 5.02 Å². The zero-order valence-electron chi connectivity index (χ0n) is 18.9. The Morgan fingerprint density at radius 1 is 1.12 bits per heavy atom. The van der Waals surface area contributed by atoms with Gasteiger partial charge < -0.3 is 14.6 Å². The topological polar surface area (TPSA) is 65.8 Å². The lowest BCUT2D eigenvalue weighted by Gasteiger charge is -2.36. The van der Waals surface area contributed by atoms with Crippen molar-refractivity contribution in [2.45, 2.75) is 31.8 Å². The number of nitrogens with one attached hydrogen (secondary N) is 1. The van der Waals surface area contributed by atoms with Crippen molar-refractivity contribution in [3.8, 4) is 0 Å². The summed E-state index contributed by atoms with van der Waals surface area (Å²) in [5.74, 6) is 0.224. The van der Waals surface area contributed by atoms with Crippen molar-refractivity contribution in [3.63, 3.8) is 0 Å². The van der Waals surface area contributed by atoms with Gasteiger partial charge in [-0.05, 0) is 66.1 Å². The van der Waals surface area contributed by atoms with Gasteiger partial charge in [0.15, 0.2) is 5.76 Å². The number of benzene rings is 1. The van der Waals surface area contributed by atoms with Crippen molar-refractivity contribution in [2.24, 2.45) is 5.92 Å². The molecule has 2 aliphatic rings. The molecule has 5 rings (SSSR count). The van der Waals surface area contributed by atoms with Crippen LogP contribution in [0.3, 0.4) is 0 Å². The molecule has 1 N–H and O–H groups in total. The molecule has 34 heavy (non-hydrogen) atoms. The van der Waals surface area contributed by atoms with Crippen LogP contribution in [0, 0.1) is 5.92 Å². The van der Waals surface area contributed by atoms with E-state index in [1.807, 2.05) is 23.5 Å². The number of rotatable bonds is 6. The summed E-state index contributed by atoms with van der Waals surface area (Å²) in [6.45, 7) is 3.52. The molecule has 1 unspecified atom stereocenters. The van der Waals surface area contributed by atoms with E-state index in [1.165, 1.54) is 16.7 Å². The molecule has 178 valence electrons. The number of fused-ring (bicyclic) bond motifs is 1. The Hall–Kier alpha value is -2.61. The molecule has 0 aliphatic carbocycles. The maximum atomic E-state index is 13.1. The van der Waals surface area contributed by atoms with Crippen LogP contribution in [0.5, 0.6) is 0 Å². The minimum absolute atomic E-state index is 0.0669. The molecule has 8 heteroatoms. The van der Waals surface area contributed by atoms with Gasteiger partial charge in [0.05, 0.1) is 12.3 Å². The number of nitrogens with zero attached hydrogens (tertiary/aromatic N) is 2. The predicted molar refractivity (Wildman–Crippen MR) is 133 cm³/mol. The van der Waals surface area contributed by atoms with Gasteiger partial charge in [-0.3, -0.25) is 14.5 Å². The van der Waals surface area contributed by atoms with Crippen LogP contribution < -0.4 is 5.32 Å². The summed E-state index contributed by atoms with van der Waals surface area (Å²) in [4.78, 5) is 31.2. The van der Waals surface area contributed by atoms with E-state index in [-0.39, 0.29) is 23.8 Å². The summed E-state index contributed by atoms with van der Waals surface area (Å²) in [5.41, 5.74) is 2.54. The third-order valence-corrected chi connectivity index (χ3v) is 8.16. The van der Waals surface area contributed by atoms with Gasteiger partial charge in [-0.25, -0.2) is 0 Å². The van der Waals surface area contributed by atoms with Crippen LogP contribution in [-0.2, 0) is 17.8 Å². The first-order chi connectivity index (χ1) is 16.6. The van der Waals surface area contributed by atoms with Crippen molar-refractivity contribution < 1.29 is 14.0 Å². The van der Waals surface area contributed by atoms with Gasteiger partial charge in [0.1, 0.15) is 0 Å². The average molecular weight is 498 g/mol. The lowest BCUT2D eigenvalue weighted by molar-refractivity contribution is -0.126. The second-order valence-corrected chi connectivity index (χ2v) is 10.4. The largest absolute Gasteiger partial charge is 0.459 e. The molecule has 1 atom stereocenters. The molecule has 6 nitrogen and oxygen atoms in total. The Morgan fingerprint density at radius 3 is 2.65 bits per heavy atom. The normalized spacial score (nSPS) is 17.9. The van der Waals surface area contributed by atoms with E-state index in [0.29, 0.717) is 43.3 Å². The van der Waals surface area contributed by atoms with Crippen LogP contribution in [-0.4, -0.2) is 47.8 Å². The molecule has 1 aromatic carbocycles. The van der Waals surface area contributed by atoms with Gasteiger partial charge in [-0.15, -0.1) is 11.3 Å². The van der Waals surface area contributed by atoms with Crippen molar-refractivity contribution in [3.05, 3.63) is 80.9 Å². The molecule has 2 aliphatic heterocycles. The van der Waals surface area contributed by atoms with Gasteiger partial charge >= 0.3 is 0 Å².